The number of hydrogen-bond donors (Lipinski definition) is 2. The fraction of sp³-hybridized carbons (Fsp3) is 0.444. The van der Waals surface area contributed by atoms with Crippen molar-refractivity contribution in [3.8, 4) is 5.75 Å². The molecule has 25 heavy (non-hydrogen) atoms. The minimum Gasteiger partial charge on any atom is -0.496 e. The molecule has 0 aliphatic carbocycles. The molecule has 0 spiro atoms. The number of methoxy groups -OCH3 is 1. The fourth-order valence-electron chi connectivity index (χ4n) is 3.04. The van der Waals surface area contributed by atoms with E-state index in [1.165, 1.54) is 0 Å². The number of hydrogen-bond acceptors (Lipinski definition) is 5. The predicted octanol–water partition coefficient (Wildman–Crippen LogP) is 2.03. The molecule has 3 aromatic rings. The van der Waals surface area contributed by atoms with E-state index in [-0.39, 0.29) is 0 Å². The summed E-state index contributed by atoms with van der Waals surface area (Å²) in [7, 11) is 1.59. The second-order valence-electron chi connectivity index (χ2n) is 6.63. The van der Waals surface area contributed by atoms with Gasteiger partial charge in [0.1, 0.15) is 23.6 Å². The van der Waals surface area contributed by atoms with Gasteiger partial charge in [0.25, 0.3) is 11.7 Å². The van der Waals surface area contributed by atoms with E-state index in [0.29, 0.717) is 42.4 Å². The van der Waals surface area contributed by atoms with Crippen molar-refractivity contribution in [3.63, 3.8) is 0 Å². The highest BCUT2D eigenvalue weighted by Crippen LogP contribution is 2.32. The minimum atomic E-state index is -0.937. The van der Waals surface area contributed by atoms with Gasteiger partial charge in [0.05, 0.1) is 24.8 Å². The van der Waals surface area contributed by atoms with E-state index >= 15 is 0 Å². The van der Waals surface area contributed by atoms with Gasteiger partial charge in [-0.3, -0.25) is 5.21 Å². The quantitative estimate of drug-likeness (QED) is 0.527. The van der Waals surface area contributed by atoms with Crippen LogP contribution in [0.1, 0.15) is 26.6 Å². The largest absolute Gasteiger partial charge is 0.496 e. The summed E-state index contributed by atoms with van der Waals surface area (Å²) in [6.07, 6.45) is 1.56. The van der Waals surface area contributed by atoms with Gasteiger partial charge in [-0.2, -0.15) is 0 Å². The van der Waals surface area contributed by atoms with Gasteiger partial charge in [-0.15, -0.1) is 0 Å². The maximum absolute atomic E-state index is 10.4. The van der Waals surface area contributed by atoms with Crippen molar-refractivity contribution >= 4 is 21.9 Å². The highest BCUT2D eigenvalue weighted by molar-refractivity contribution is 6.04. The van der Waals surface area contributed by atoms with Crippen molar-refractivity contribution in [1.82, 2.24) is 9.55 Å². The number of ether oxygens (including phenoxy) is 2. The van der Waals surface area contributed by atoms with Gasteiger partial charge in [-0.05, 0) is 26.8 Å². The van der Waals surface area contributed by atoms with Crippen molar-refractivity contribution in [2.24, 2.45) is 0 Å². The molecule has 7 nitrogen and oxygen atoms in total. The average Bonchev–Trinajstić information content (AvgIpc) is 2.88. The SMILES string of the molecule is CCOCc1nc2c[n+](O)c3cccc(OC)c3c2n1CC(C)(C)O. The van der Waals surface area contributed by atoms with E-state index in [1.54, 1.807) is 33.2 Å². The van der Waals surface area contributed by atoms with E-state index in [0.717, 1.165) is 15.6 Å². The number of nitrogens with zero attached hydrogens (tertiary/aromatic N) is 3. The molecule has 3 rings (SSSR count). The summed E-state index contributed by atoms with van der Waals surface area (Å²) in [4.78, 5) is 4.61. The number of aliphatic hydroxyl groups is 1. The number of benzene rings is 1. The van der Waals surface area contributed by atoms with Crippen molar-refractivity contribution in [2.75, 3.05) is 13.7 Å². The summed E-state index contributed by atoms with van der Waals surface area (Å²) in [6.45, 7) is 6.65. The first-order valence-corrected chi connectivity index (χ1v) is 8.25. The highest BCUT2D eigenvalue weighted by Gasteiger charge is 2.26. The number of aromatic nitrogens is 3. The molecule has 0 saturated carbocycles. The molecule has 0 saturated heterocycles. The summed E-state index contributed by atoms with van der Waals surface area (Å²) in [6, 6.07) is 5.46. The second-order valence-corrected chi connectivity index (χ2v) is 6.63. The summed E-state index contributed by atoms with van der Waals surface area (Å²) < 4.78 is 14.0. The second kappa shape index (κ2) is 6.50. The summed E-state index contributed by atoms with van der Waals surface area (Å²) in [5, 5.41) is 21.4. The summed E-state index contributed by atoms with van der Waals surface area (Å²) in [5.41, 5.74) is 1.08. The fourth-order valence-corrected chi connectivity index (χ4v) is 3.04. The van der Waals surface area contributed by atoms with E-state index < -0.39 is 5.60 Å². The van der Waals surface area contributed by atoms with Crippen LogP contribution in [0, 0.1) is 0 Å². The zero-order valence-corrected chi connectivity index (χ0v) is 15.0. The third-order valence-corrected chi connectivity index (χ3v) is 4.01. The molecular formula is C18H24N3O4+. The Morgan fingerprint density at radius 3 is 2.72 bits per heavy atom. The van der Waals surface area contributed by atoms with Crippen molar-refractivity contribution in [2.45, 2.75) is 39.5 Å². The van der Waals surface area contributed by atoms with Crippen molar-refractivity contribution < 1.29 is 24.5 Å². The Morgan fingerprint density at radius 1 is 1.32 bits per heavy atom. The third kappa shape index (κ3) is 3.25. The molecule has 0 amide bonds. The molecule has 0 atom stereocenters. The van der Waals surface area contributed by atoms with Crippen LogP contribution in [0.25, 0.3) is 21.9 Å². The molecular weight excluding hydrogens is 322 g/mol. The van der Waals surface area contributed by atoms with Crippen molar-refractivity contribution in [3.05, 3.63) is 30.2 Å². The average molecular weight is 346 g/mol. The van der Waals surface area contributed by atoms with E-state index in [4.69, 9.17) is 9.47 Å². The Labute approximate surface area is 146 Å². The lowest BCUT2D eigenvalue weighted by atomic mass is 10.1. The van der Waals surface area contributed by atoms with Crippen LogP contribution in [0.2, 0.25) is 0 Å². The zero-order valence-electron chi connectivity index (χ0n) is 15.0. The number of fused-ring (bicyclic) bond motifs is 3. The summed E-state index contributed by atoms with van der Waals surface area (Å²) in [5.74, 6) is 1.32. The van der Waals surface area contributed by atoms with E-state index in [2.05, 4.69) is 4.98 Å². The van der Waals surface area contributed by atoms with Crippen LogP contribution >= 0.6 is 0 Å². The van der Waals surface area contributed by atoms with Gasteiger partial charge in [0.15, 0.2) is 5.52 Å². The van der Waals surface area contributed by atoms with Gasteiger partial charge in [0.2, 0.25) is 0 Å². The molecule has 2 heterocycles. The Hall–Kier alpha value is -2.38. The molecule has 0 aliphatic heterocycles. The van der Waals surface area contributed by atoms with Gasteiger partial charge >= 0.3 is 0 Å². The molecule has 134 valence electrons. The molecule has 7 heteroatoms. The molecule has 0 fully saturated rings. The van der Waals surface area contributed by atoms with Crippen LogP contribution in [-0.2, 0) is 17.9 Å². The molecule has 1 aromatic carbocycles. The minimum absolute atomic E-state index is 0.323. The van der Waals surface area contributed by atoms with E-state index in [1.807, 2.05) is 23.6 Å². The molecule has 2 aromatic heterocycles. The first kappa shape index (κ1) is 17.4. The van der Waals surface area contributed by atoms with Crippen LogP contribution in [0.15, 0.2) is 24.4 Å². The van der Waals surface area contributed by atoms with Gasteiger partial charge < -0.3 is 19.1 Å². The van der Waals surface area contributed by atoms with Crippen LogP contribution in [0.3, 0.4) is 0 Å². The normalized spacial score (nSPS) is 12.2. The molecule has 0 unspecified atom stereocenters. The highest BCUT2D eigenvalue weighted by atomic mass is 16.5. The lowest BCUT2D eigenvalue weighted by Crippen LogP contribution is -2.31. The Balaban J connectivity index is 2.39. The van der Waals surface area contributed by atoms with Crippen LogP contribution in [-0.4, -0.2) is 39.2 Å². The smallest absolute Gasteiger partial charge is 0.270 e. The van der Waals surface area contributed by atoms with Crippen molar-refractivity contribution in [1.29, 1.82) is 0 Å². The van der Waals surface area contributed by atoms with Gasteiger partial charge in [-0.25, -0.2) is 4.98 Å². The number of rotatable bonds is 6. The Kier molecular flexibility index (Phi) is 4.53. The lowest BCUT2D eigenvalue weighted by molar-refractivity contribution is -0.883. The molecule has 0 radical (unpaired) electrons. The molecule has 0 bridgehead atoms. The monoisotopic (exact) mass is 346 g/mol. The van der Waals surface area contributed by atoms with Crippen LogP contribution in [0.4, 0.5) is 0 Å². The molecule has 0 aliphatic rings. The Morgan fingerprint density at radius 2 is 2.08 bits per heavy atom. The van der Waals surface area contributed by atoms with Gasteiger partial charge in [0, 0.05) is 17.4 Å². The third-order valence-electron chi connectivity index (χ3n) is 4.01. The van der Waals surface area contributed by atoms with E-state index in [9.17, 15) is 10.3 Å². The standard InChI is InChI=1S/C18H24N3O4/c1-5-25-10-15-19-12-9-21(23)13-7-6-8-14(24-4)16(13)17(12)20(15)11-18(2,3)22/h6-9,22-23H,5,10-11H2,1-4H3/q+1. The predicted molar refractivity (Wildman–Crippen MR) is 92.8 cm³/mol. The first-order chi connectivity index (χ1) is 11.9. The first-order valence-electron chi connectivity index (χ1n) is 8.25. The van der Waals surface area contributed by atoms with Crippen LogP contribution in [0.5, 0.6) is 5.75 Å². The maximum Gasteiger partial charge on any atom is 0.270 e. The van der Waals surface area contributed by atoms with Crippen LogP contribution < -0.4 is 9.47 Å². The van der Waals surface area contributed by atoms with Gasteiger partial charge in [-0.1, -0.05) is 6.07 Å². The lowest BCUT2D eigenvalue weighted by Gasteiger charge is -2.20. The topological polar surface area (TPSA) is 80.6 Å². The number of pyridine rings is 1. The maximum atomic E-state index is 10.4. The molecule has 2 N–H and O–H groups in total. The summed E-state index contributed by atoms with van der Waals surface area (Å²) >= 11 is 0. The number of imidazole rings is 1. The zero-order chi connectivity index (χ0) is 18.2. The Bertz CT molecular complexity index is 912.